The van der Waals surface area contributed by atoms with Crippen LogP contribution in [-0.4, -0.2) is 41.2 Å². The first-order valence-electron chi connectivity index (χ1n) is 7.48. The fourth-order valence-electron chi connectivity index (χ4n) is 2.96. The Morgan fingerprint density at radius 2 is 2.14 bits per heavy atom. The molecule has 1 aliphatic heterocycles. The van der Waals surface area contributed by atoms with Gasteiger partial charge < -0.3 is 9.84 Å². The molecule has 3 rings (SSSR count). The van der Waals surface area contributed by atoms with Gasteiger partial charge in [0.05, 0.1) is 5.54 Å². The van der Waals surface area contributed by atoms with E-state index in [2.05, 4.69) is 57.6 Å². The van der Waals surface area contributed by atoms with Gasteiger partial charge in [-0.1, -0.05) is 35.5 Å². The second kappa shape index (κ2) is 5.95. The maximum Gasteiger partial charge on any atom is 0.223 e. The first-order valence-corrected chi connectivity index (χ1v) is 7.48. The SMILES string of the molecule is Cc1nc(CCN2CCNC(C)(c3ccccc3)C2)no1. The van der Waals surface area contributed by atoms with Crippen LogP contribution in [0.1, 0.15) is 24.2 Å². The Bertz CT molecular complexity index is 583. The lowest BCUT2D eigenvalue weighted by atomic mass is 9.89. The smallest absolute Gasteiger partial charge is 0.223 e. The molecule has 5 heteroatoms. The van der Waals surface area contributed by atoms with E-state index >= 15 is 0 Å². The lowest BCUT2D eigenvalue weighted by Crippen LogP contribution is -2.56. The molecule has 0 bridgehead atoms. The largest absolute Gasteiger partial charge is 0.340 e. The molecule has 0 amide bonds. The Morgan fingerprint density at radius 3 is 2.86 bits per heavy atom. The topological polar surface area (TPSA) is 54.2 Å². The number of hydrogen-bond donors (Lipinski definition) is 1. The summed E-state index contributed by atoms with van der Waals surface area (Å²) in [6.45, 7) is 8.10. The van der Waals surface area contributed by atoms with E-state index in [1.54, 1.807) is 0 Å². The van der Waals surface area contributed by atoms with Crippen LogP contribution in [0, 0.1) is 6.92 Å². The number of aryl methyl sites for hydroxylation is 1. The molecule has 1 saturated heterocycles. The highest BCUT2D eigenvalue weighted by atomic mass is 16.5. The fraction of sp³-hybridized carbons (Fsp3) is 0.500. The third kappa shape index (κ3) is 3.31. The number of aromatic nitrogens is 2. The Balaban J connectivity index is 1.63. The average Bonchev–Trinajstić information content (AvgIpc) is 2.92. The summed E-state index contributed by atoms with van der Waals surface area (Å²) in [5.41, 5.74) is 1.34. The second-order valence-electron chi connectivity index (χ2n) is 5.88. The predicted molar refractivity (Wildman–Crippen MR) is 81.0 cm³/mol. The summed E-state index contributed by atoms with van der Waals surface area (Å²) in [6.07, 6.45) is 0.836. The lowest BCUT2D eigenvalue weighted by Gasteiger charge is -2.42. The van der Waals surface area contributed by atoms with Crippen molar-refractivity contribution in [1.82, 2.24) is 20.4 Å². The van der Waals surface area contributed by atoms with Gasteiger partial charge in [0.1, 0.15) is 0 Å². The molecular formula is C16H22N4O. The van der Waals surface area contributed by atoms with E-state index in [-0.39, 0.29) is 5.54 Å². The highest BCUT2D eigenvalue weighted by Gasteiger charge is 2.31. The van der Waals surface area contributed by atoms with Crippen LogP contribution in [0.5, 0.6) is 0 Å². The molecule has 112 valence electrons. The summed E-state index contributed by atoms with van der Waals surface area (Å²) in [5, 5.41) is 7.62. The molecule has 0 saturated carbocycles. The zero-order valence-corrected chi connectivity index (χ0v) is 12.7. The van der Waals surface area contributed by atoms with Crippen molar-refractivity contribution in [3.63, 3.8) is 0 Å². The minimum Gasteiger partial charge on any atom is -0.340 e. The Labute approximate surface area is 125 Å². The van der Waals surface area contributed by atoms with Gasteiger partial charge in [-0.3, -0.25) is 4.90 Å². The average molecular weight is 286 g/mol. The molecule has 0 spiro atoms. The lowest BCUT2D eigenvalue weighted by molar-refractivity contribution is 0.143. The summed E-state index contributed by atoms with van der Waals surface area (Å²) < 4.78 is 5.02. The molecule has 1 N–H and O–H groups in total. The van der Waals surface area contributed by atoms with Gasteiger partial charge in [0.25, 0.3) is 0 Å². The van der Waals surface area contributed by atoms with Crippen LogP contribution >= 0.6 is 0 Å². The van der Waals surface area contributed by atoms with Crippen LogP contribution < -0.4 is 5.32 Å². The van der Waals surface area contributed by atoms with Gasteiger partial charge in [-0.25, -0.2) is 0 Å². The molecule has 0 aliphatic carbocycles. The minimum absolute atomic E-state index is 0.00663. The van der Waals surface area contributed by atoms with Gasteiger partial charge in [0, 0.05) is 39.5 Å². The number of nitrogens with one attached hydrogen (secondary N) is 1. The van der Waals surface area contributed by atoms with Crippen molar-refractivity contribution >= 4 is 0 Å². The summed E-state index contributed by atoms with van der Waals surface area (Å²) >= 11 is 0. The van der Waals surface area contributed by atoms with Crippen molar-refractivity contribution in [2.45, 2.75) is 25.8 Å². The molecule has 1 aliphatic rings. The summed E-state index contributed by atoms with van der Waals surface area (Å²) in [5.74, 6) is 1.44. The first-order chi connectivity index (χ1) is 10.2. The highest BCUT2D eigenvalue weighted by Crippen LogP contribution is 2.24. The maximum atomic E-state index is 5.02. The van der Waals surface area contributed by atoms with Crippen molar-refractivity contribution in [2.24, 2.45) is 0 Å². The van der Waals surface area contributed by atoms with E-state index in [1.807, 2.05) is 6.92 Å². The van der Waals surface area contributed by atoms with Crippen molar-refractivity contribution < 1.29 is 4.52 Å². The third-order valence-electron chi connectivity index (χ3n) is 4.12. The van der Waals surface area contributed by atoms with Gasteiger partial charge in [-0.05, 0) is 12.5 Å². The number of hydrogen-bond acceptors (Lipinski definition) is 5. The number of rotatable bonds is 4. The zero-order chi connectivity index (χ0) is 14.7. The van der Waals surface area contributed by atoms with Gasteiger partial charge in [-0.15, -0.1) is 0 Å². The maximum absolute atomic E-state index is 5.02. The predicted octanol–water partition coefficient (Wildman–Crippen LogP) is 1.74. The Kier molecular flexibility index (Phi) is 4.03. The zero-order valence-electron chi connectivity index (χ0n) is 12.7. The van der Waals surface area contributed by atoms with Crippen LogP contribution in [0.2, 0.25) is 0 Å². The Morgan fingerprint density at radius 1 is 1.33 bits per heavy atom. The van der Waals surface area contributed by atoms with Gasteiger partial charge >= 0.3 is 0 Å². The van der Waals surface area contributed by atoms with Crippen molar-refractivity contribution in [1.29, 1.82) is 0 Å². The van der Waals surface area contributed by atoms with E-state index in [4.69, 9.17) is 4.52 Å². The molecule has 2 aromatic rings. The summed E-state index contributed by atoms with van der Waals surface area (Å²) in [4.78, 5) is 6.74. The van der Waals surface area contributed by atoms with Crippen LogP contribution in [0.15, 0.2) is 34.9 Å². The van der Waals surface area contributed by atoms with E-state index in [0.717, 1.165) is 38.4 Å². The highest BCUT2D eigenvalue weighted by molar-refractivity contribution is 5.24. The van der Waals surface area contributed by atoms with E-state index in [1.165, 1.54) is 5.56 Å². The first kappa shape index (κ1) is 14.2. The molecule has 2 heterocycles. The summed E-state index contributed by atoms with van der Waals surface area (Å²) in [6, 6.07) is 10.6. The number of nitrogens with zero attached hydrogens (tertiary/aromatic N) is 3. The molecule has 5 nitrogen and oxygen atoms in total. The van der Waals surface area contributed by atoms with Crippen LogP contribution in [0.4, 0.5) is 0 Å². The normalized spacial score (nSPS) is 23.3. The van der Waals surface area contributed by atoms with E-state index in [9.17, 15) is 0 Å². The second-order valence-corrected chi connectivity index (χ2v) is 5.88. The monoisotopic (exact) mass is 286 g/mol. The molecular weight excluding hydrogens is 264 g/mol. The van der Waals surface area contributed by atoms with Crippen LogP contribution in [-0.2, 0) is 12.0 Å². The van der Waals surface area contributed by atoms with Gasteiger partial charge in [0.15, 0.2) is 5.82 Å². The number of piperazine rings is 1. The van der Waals surface area contributed by atoms with Crippen molar-refractivity contribution in [3.05, 3.63) is 47.6 Å². The van der Waals surface area contributed by atoms with Gasteiger partial charge in [0.2, 0.25) is 5.89 Å². The van der Waals surface area contributed by atoms with Crippen LogP contribution in [0.25, 0.3) is 0 Å². The standard InChI is InChI=1S/C16H22N4O/c1-13-18-15(19-21-13)8-10-20-11-9-17-16(2,12-20)14-6-4-3-5-7-14/h3-7,17H,8-12H2,1-2H3. The van der Waals surface area contributed by atoms with Crippen molar-refractivity contribution in [3.8, 4) is 0 Å². The third-order valence-corrected chi connectivity index (χ3v) is 4.12. The summed E-state index contributed by atoms with van der Waals surface area (Å²) in [7, 11) is 0. The molecule has 1 aromatic heterocycles. The van der Waals surface area contributed by atoms with Crippen LogP contribution in [0.3, 0.4) is 0 Å². The van der Waals surface area contributed by atoms with Crippen molar-refractivity contribution in [2.75, 3.05) is 26.2 Å². The molecule has 1 atom stereocenters. The molecule has 0 radical (unpaired) electrons. The minimum atomic E-state index is 0.00663. The quantitative estimate of drug-likeness (QED) is 0.928. The molecule has 1 unspecified atom stereocenters. The van der Waals surface area contributed by atoms with E-state index < -0.39 is 0 Å². The molecule has 1 aromatic carbocycles. The molecule has 21 heavy (non-hydrogen) atoms. The fourth-order valence-corrected chi connectivity index (χ4v) is 2.96. The van der Waals surface area contributed by atoms with E-state index in [0.29, 0.717) is 5.89 Å². The Hall–Kier alpha value is -1.72. The molecule has 1 fully saturated rings. The number of benzene rings is 1. The van der Waals surface area contributed by atoms with Gasteiger partial charge in [-0.2, -0.15) is 4.98 Å².